The summed E-state index contributed by atoms with van der Waals surface area (Å²) in [5.41, 5.74) is 0.848. The summed E-state index contributed by atoms with van der Waals surface area (Å²) in [6, 6.07) is 12.7. The molecule has 0 unspecified atom stereocenters. The zero-order chi connectivity index (χ0) is 20.1. The number of aryl methyl sites for hydroxylation is 1. The number of anilines is 3. The Morgan fingerprint density at radius 3 is 2.50 bits per heavy atom. The summed E-state index contributed by atoms with van der Waals surface area (Å²) in [4.78, 5) is 21.0. The van der Waals surface area contributed by atoms with E-state index < -0.39 is 11.7 Å². The van der Waals surface area contributed by atoms with Crippen LogP contribution in [-0.4, -0.2) is 30.1 Å². The summed E-state index contributed by atoms with van der Waals surface area (Å²) in [5, 5.41) is 5.61. The molecule has 1 amide bonds. The molecule has 0 saturated carbocycles. The van der Waals surface area contributed by atoms with E-state index in [2.05, 4.69) is 20.6 Å². The van der Waals surface area contributed by atoms with E-state index in [1.807, 2.05) is 0 Å². The third kappa shape index (κ3) is 4.35. The predicted molar refractivity (Wildman–Crippen MR) is 104 cm³/mol. The summed E-state index contributed by atoms with van der Waals surface area (Å²) in [6.45, 7) is 1.65. The number of hydrogen-bond donors (Lipinski definition) is 2. The highest BCUT2D eigenvalue weighted by atomic mass is 19.1. The standard InChI is InChI=1S/C20H19FN4O3/c1-12-22-17(11-19(23-12)24-15-7-5-4-6-14(15)21)20(26)25-16-9-8-13(27-2)10-18(16)28-3/h4-11H,1-3H3,(H,25,26)(H,22,23,24). The fourth-order valence-corrected chi connectivity index (χ4v) is 2.54. The van der Waals surface area contributed by atoms with Gasteiger partial charge in [0.05, 0.1) is 25.6 Å². The van der Waals surface area contributed by atoms with Gasteiger partial charge < -0.3 is 20.1 Å². The molecule has 2 N–H and O–H groups in total. The van der Waals surface area contributed by atoms with Gasteiger partial charge in [-0.1, -0.05) is 12.1 Å². The van der Waals surface area contributed by atoms with E-state index in [-0.39, 0.29) is 11.4 Å². The molecular formula is C20H19FN4O3. The Balaban J connectivity index is 1.84. The van der Waals surface area contributed by atoms with Crippen LogP contribution in [0.1, 0.15) is 16.3 Å². The van der Waals surface area contributed by atoms with Crippen LogP contribution in [0.2, 0.25) is 0 Å². The molecule has 0 saturated heterocycles. The van der Waals surface area contributed by atoms with Crippen LogP contribution in [0, 0.1) is 12.7 Å². The van der Waals surface area contributed by atoms with Gasteiger partial charge in [-0.2, -0.15) is 0 Å². The summed E-state index contributed by atoms with van der Waals surface area (Å²) in [5.74, 6) is 0.850. The van der Waals surface area contributed by atoms with E-state index in [4.69, 9.17) is 9.47 Å². The fraction of sp³-hybridized carbons (Fsp3) is 0.150. The van der Waals surface area contributed by atoms with Crippen LogP contribution < -0.4 is 20.1 Å². The minimum atomic E-state index is -0.453. The topological polar surface area (TPSA) is 85.4 Å². The highest BCUT2D eigenvalue weighted by Gasteiger charge is 2.14. The van der Waals surface area contributed by atoms with E-state index in [0.29, 0.717) is 28.8 Å². The minimum absolute atomic E-state index is 0.129. The lowest BCUT2D eigenvalue weighted by Crippen LogP contribution is -2.16. The zero-order valence-electron chi connectivity index (χ0n) is 15.6. The van der Waals surface area contributed by atoms with Gasteiger partial charge in [0.1, 0.15) is 34.7 Å². The first kappa shape index (κ1) is 19.1. The number of nitrogens with one attached hydrogen (secondary N) is 2. The molecule has 0 fully saturated rings. The molecule has 0 spiro atoms. The Morgan fingerprint density at radius 2 is 1.79 bits per heavy atom. The van der Waals surface area contributed by atoms with E-state index in [9.17, 15) is 9.18 Å². The first-order valence-corrected chi connectivity index (χ1v) is 8.41. The van der Waals surface area contributed by atoms with Gasteiger partial charge in [0.25, 0.3) is 5.91 Å². The lowest BCUT2D eigenvalue weighted by atomic mass is 10.2. The number of carbonyl (C=O) groups is 1. The maximum Gasteiger partial charge on any atom is 0.274 e. The smallest absolute Gasteiger partial charge is 0.274 e. The Morgan fingerprint density at radius 1 is 1.00 bits per heavy atom. The second-order valence-corrected chi connectivity index (χ2v) is 5.81. The average molecular weight is 382 g/mol. The molecule has 0 aliphatic heterocycles. The van der Waals surface area contributed by atoms with Crippen molar-refractivity contribution < 1.29 is 18.7 Å². The van der Waals surface area contributed by atoms with Crippen LogP contribution >= 0.6 is 0 Å². The van der Waals surface area contributed by atoms with Gasteiger partial charge in [0, 0.05) is 12.1 Å². The monoisotopic (exact) mass is 382 g/mol. The highest BCUT2D eigenvalue weighted by molar-refractivity contribution is 6.04. The second kappa shape index (κ2) is 8.34. The minimum Gasteiger partial charge on any atom is -0.497 e. The lowest BCUT2D eigenvalue weighted by Gasteiger charge is -2.12. The van der Waals surface area contributed by atoms with Gasteiger partial charge in [0.2, 0.25) is 0 Å². The Hall–Kier alpha value is -3.68. The molecule has 1 heterocycles. The largest absolute Gasteiger partial charge is 0.497 e. The molecule has 144 valence electrons. The second-order valence-electron chi connectivity index (χ2n) is 5.81. The van der Waals surface area contributed by atoms with E-state index >= 15 is 0 Å². The Kier molecular flexibility index (Phi) is 5.69. The quantitative estimate of drug-likeness (QED) is 0.672. The van der Waals surface area contributed by atoms with E-state index in [0.717, 1.165) is 0 Å². The van der Waals surface area contributed by atoms with Gasteiger partial charge in [-0.15, -0.1) is 0 Å². The Labute approximate surface area is 161 Å². The van der Waals surface area contributed by atoms with Crippen molar-refractivity contribution >= 4 is 23.1 Å². The van der Waals surface area contributed by atoms with Crippen molar-refractivity contribution in [2.24, 2.45) is 0 Å². The number of aromatic nitrogens is 2. The Bertz CT molecular complexity index is 1010. The number of hydrogen-bond acceptors (Lipinski definition) is 6. The summed E-state index contributed by atoms with van der Waals surface area (Å²) < 4.78 is 24.3. The number of benzene rings is 2. The zero-order valence-corrected chi connectivity index (χ0v) is 15.6. The molecule has 0 aliphatic carbocycles. The first-order chi connectivity index (χ1) is 13.5. The van der Waals surface area contributed by atoms with Crippen molar-refractivity contribution in [3.63, 3.8) is 0 Å². The van der Waals surface area contributed by atoms with Crippen LogP contribution in [-0.2, 0) is 0 Å². The van der Waals surface area contributed by atoms with Crippen molar-refractivity contribution in [1.82, 2.24) is 9.97 Å². The molecule has 3 rings (SSSR count). The maximum absolute atomic E-state index is 13.9. The first-order valence-electron chi connectivity index (χ1n) is 8.41. The number of carbonyl (C=O) groups excluding carboxylic acids is 1. The van der Waals surface area contributed by atoms with E-state index in [1.165, 1.54) is 19.2 Å². The van der Waals surface area contributed by atoms with Crippen molar-refractivity contribution in [2.75, 3.05) is 24.9 Å². The molecule has 0 atom stereocenters. The van der Waals surface area contributed by atoms with Crippen molar-refractivity contribution in [3.05, 3.63) is 65.9 Å². The van der Waals surface area contributed by atoms with Gasteiger partial charge in [-0.25, -0.2) is 14.4 Å². The number of ether oxygens (including phenoxy) is 2. The van der Waals surface area contributed by atoms with Crippen LogP contribution in [0.4, 0.5) is 21.6 Å². The third-order valence-electron chi connectivity index (χ3n) is 3.86. The van der Waals surface area contributed by atoms with Crippen LogP contribution in [0.3, 0.4) is 0 Å². The molecule has 1 aromatic heterocycles. The SMILES string of the molecule is COc1ccc(NC(=O)c2cc(Nc3ccccc3F)nc(C)n2)c(OC)c1. The molecule has 2 aromatic carbocycles. The predicted octanol–water partition coefficient (Wildman–Crippen LogP) is 3.94. The molecular weight excluding hydrogens is 363 g/mol. The summed E-state index contributed by atoms with van der Waals surface area (Å²) in [7, 11) is 3.04. The lowest BCUT2D eigenvalue weighted by molar-refractivity contribution is 0.102. The van der Waals surface area contributed by atoms with Crippen LogP contribution in [0.25, 0.3) is 0 Å². The highest BCUT2D eigenvalue weighted by Crippen LogP contribution is 2.29. The summed E-state index contributed by atoms with van der Waals surface area (Å²) in [6.07, 6.45) is 0. The van der Waals surface area contributed by atoms with Crippen molar-refractivity contribution in [2.45, 2.75) is 6.92 Å². The normalized spacial score (nSPS) is 10.3. The van der Waals surface area contributed by atoms with Gasteiger partial charge in [-0.3, -0.25) is 4.79 Å². The molecule has 3 aromatic rings. The molecule has 8 heteroatoms. The van der Waals surface area contributed by atoms with Gasteiger partial charge in [-0.05, 0) is 31.2 Å². The number of methoxy groups -OCH3 is 2. The molecule has 0 bridgehead atoms. The number of para-hydroxylation sites is 1. The van der Waals surface area contributed by atoms with E-state index in [1.54, 1.807) is 50.4 Å². The molecule has 7 nitrogen and oxygen atoms in total. The van der Waals surface area contributed by atoms with Gasteiger partial charge in [0.15, 0.2) is 0 Å². The number of halogens is 1. The molecule has 28 heavy (non-hydrogen) atoms. The van der Waals surface area contributed by atoms with Crippen molar-refractivity contribution in [3.8, 4) is 11.5 Å². The number of amides is 1. The van der Waals surface area contributed by atoms with Crippen LogP contribution in [0.5, 0.6) is 11.5 Å². The fourth-order valence-electron chi connectivity index (χ4n) is 2.54. The number of nitrogens with zero attached hydrogens (tertiary/aromatic N) is 2. The molecule has 0 aliphatic rings. The van der Waals surface area contributed by atoms with Crippen LogP contribution in [0.15, 0.2) is 48.5 Å². The van der Waals surface area contributed by atoms with Gasteiger partial charge >= 0.3 is 0 Å². The number of rotatable bonds is 6. The summed E-state index contributed by atoms with van der Waals surface area (Å²) >= 11 is 0. The third-order valence-corrected chi connectivity index (χ3v) is 3.86. The molecule has 0 radical (unpaired) electrons. The van der Waals surface area contributed by atoms with Crippen molar-refractivity contribution in [1.29, 1.82) is 0 Å². The maximum atomic E-state index is 13.9. The average Bonchev–Trinajstić information content (AvgIpc) is 2.69.